The molecular weight excluding hydrogens is 222 g/mol. The smallest absolute Gasteiger partial charge is 0.121 e. The van der Waals surface area contributed by atoms with Crippen LogP contribution in [0.1, 0.15) is 63.4 Å². The molecular formula is C16H25NO. The zero-order valence-electron chi connectivity index (χ0n) is 11.5. The van der Waals surface area contributed by atoms with Crippen LogP contribution in [0.3, 0.4) is 0 Å². The van der Waals surface area contributed by atoms with E-state index in [0.717, 1.165) is 30.9 Å². The molecule has 0 radical (unpaired) electrons. The summed E-state index contributed by atoms with van der Waals surface area (Å²) >= 11 is 0. The third-order valence-electron chi connectivity index (χ3n) is 3.87. The lowest BCUT2D eigenvalue weighted by Crippen LogP contribution is -2.07. The Bertz CT molecular complexity index is 369. The second-order valence-electron chi connectivity index (χ2n) is 5.33. The Labute approximate surface area is 111 Å². The van der Waals surface area contributed by atoms with Crippen LogP contribution in [0.25, 0.3) is 0 Å². The lowest BCUT2D eigenvalue weighted by Gasteiger charge is -2.23. The lowest BCUT2D eigenvalue weighted by atomic mass is 9.83. The fraction of sp³-hybridized carbons (Fsp3) is 0.625. The first-order valence-corrected chi connectivity index (χ1v) is 7.33. The fourth-order valence-electron chi connectivity index (χ4n) is 2.76. The van der Waals surface area contributed by atoms with Crippen molar-refractivity contribution in [2.45, 2.75) is 57.8 Å². The third kappa shape index (κ3) is 3.41. The molecule has 0 unspecified atom stereocenters. The fourth-order valence-corrected chi connectivity index (χ4v) is 2.76. The van der Waals surface area contributed by atoms with Gasteiger partial charge < -0.3 is 10.5 Å². The number of hydrogen-bond acceptors (Lipinski definition) is 2. The van der Waals surface area contributed by atoms with Crippen molar-refractivity contribution in [3.05, 3.63) is 23.8 Å². The van der Waals surface area contributed by atoms with Gasteiger partial charge in [0.2, 0.25) is 0 Å². The number of rotatable bonds is 5. The maximum atomic E-state index is 6.18. The Kier molecular flexibility index (Phi) is 4.91. The van der Waals surface area contributed by atoms with E-state index >= 15 is 0 Å². The summed E-state index contributed by atoms with van der Waals surface area (Å²) in [4.78, 5) is 0. The van der Waals surface area contributed by atoms with Gasteiger partial charge in [0.1, 0.15) is 5.75 Å². The number of nitrogens with two attached hydrogens (primary N) is 1. The van der Waals surface area contributed by atoms with Crippen molar-refractivity contribution in [1.29, 1.82) is 0 Å². The van der Waals surface area contributed by atoms with Crippen molar-refractivity contribution >= 4 is 5.69 Å². The molecule has 0 atom stereocenters. The average Bonchev–Trinajstić information content (AvgIpc) is 2.40. The van der Waals surface area contributed by atoms with E-state index in [-0.39, 0.29) is 0 Å². The maximum Gasteiger partial charge on any atom is 0.121 e. The van der Waals surface area contributed by atoms with Crippen LogP contribution in [-0.2, 0) is 0 Å². The molecule has 2 rings (SSSR count). The molecule has 0 saturated heterocycles. The number of nitrogen functional groups attached to an aromatic ring is 1. The summed E-state index contributed by atoms with van der Waals surface area (Å²) in [5.74, 6) is 1.59. The van der Waals surface area contributed by atoms with Crippen LogP contribution in [0.15, 0.2) is 18.2 Å². The molecule has 0 aromatic heterocycles. The average molecular weight is 247 g/mol. The van der Waals surface area contributed by atoms with E-state index in [0.29, 0.717) is 5.92 Å². The summed E-state index contributed by atoms with van der Waals surface area (Å²) < 4.78 is 5.69. The summed E-state index contributed by atoms with van der Waals surface area (Å²) in [5.41, 5.74) is 8.42. The molecule has 1 aromatic rings. The van der Waals surface area contributed by atoms with Gasteiger partial charge in [0.15, 0.2) is 0 Å². The number of unbranched alkanes of at least 4 members (excludes halogenated alkanes) is 1. The monoisotopic (exact) mass is 247 g/mol. The number of benzene rings is 1. The van der Waals surface area contributed by atoms with Crippen molar-refractivity contribution < 1.29 is 4.74 Å². The minimum atomic E-state index is 0.670. The minimum absolute atomic E-state index is 0.670. The molecule has 0 heterocycles. The predicted molar refractivity (Wildman–Crippen MR) is 77.1 cm³/mol. The van der Waals surface area contributed by atoms with Gasteiger partial charge in [-0.2, -0.15) is 0 Å². The van der Waals surface area contributed by atoms with Crippen LogP contribution in [0, 0.1) is 0 Å². The standard InChI is InChI=1S/C16H25NO/c1-2-3-11-18-14-9-10-15(16(17)12-14)13-7-5-4-6-8-13/h9-10,12-13H,2-8,11,17H2,1H3. The summed E-state index contributed by atoms with van der Waals surface area (Å²) in [6, 6.07) is 6.25. The maximum absolute atomic E-state index is 6.18. The molecule has 2 N–H and O–H groups in total. The van der Waals surface area contributed by atoms with Gasteiger partial charge in [-0.05, 0) is 36.8 Å². The van der Waals surface area contributed by atoms with E-state index in [2.05, 4.69) is 19.1 Å². The zero-order chi connectivity index (χ0) is 12.8. The Morgan fingerprint density at radius 3 is 2.67 bits per heavy atom. The number of ether oxygens (including phenoxy) is 1. The SMILES string of the molecule is CCCCOc1ccc(C2CCCCC2)c(N)c1. The van der Waals surface area contributed by atoms with Gasteiger partial charge in [-0.1, -0.05) is 38.7 Å². The zero-order valence-corrected chi connectivity index (χ0v) is 11.5. The molecule has 2 heteroatoms. The van der Waals surface area contributed by atoms with Gasteiger partial charge >= 0.3 is 0 Å². The molecule has 18 heavy (non-hydrogen) atoms. The second kappa shape index (κ2) is 6.67. The van der Waals surface area contributed by atoms with E-state index in [1.165, 1.54) is 37.7 Å². The topological polar surface area (TPSA) is 35.2 Å². The molecule has 1 aliphatic rings. The Hall–Kier alpha value is -1.18. The summed E-state index contributed by atoms with van der Waals surface area (Å²) in [6.45, 7) is 2.96. The predicted octanol–water partition coefficient (Wildman–Crippen LogP) is 4.50. The quantitative estimate of drug-likeness (QED) is 0.614. The van der Waals surface area contributed by atoms with Crippen LogP contribution >= 0.6 is 0 Å². The Morgan fingerprint density at radius 2 is 2.00 bits per heavy atom. The van der Waals surface area contributed by atoms with Crippen LogP contribution in [0.4, 0.5) is 5.69 Å². The molecule has 1 aromatic carbocycles. The van der Waals surface area contributed by atoms with Gasteiger partial charge in [-0.3, -0.25) is 0 Å². The van der Waals surface area contributed by atoms with Crippen LogP contribution in [0.2, 0.25) is 0 Å². The van der Waals surface area contributed by atoms with Gasteiger partial charge in [-0.25, -0.2) is 0 Å². The number of hydrogen-bond donors (Lipinski definition) is 1. The van der Waals surface area contributed by atoms with Gasteiger partial charge in [-0.15, -0.1) is 0 Å². The molecule has 0 spiro atoms. The first kappa shape index (κ1) is 13.3. The highest BCUT2D eigenvalue weighted by atomic mass is 16.5. The largest absolute Gasteiger partial charge is 0.494 e. The molecule has 1 saturated carbocycles. The lowest BCUT2D eigenvalue weighted by molar-refractivity contribution is 0.309. The molecule has 1 aliphatic carbocycles. The second-order valence-corrected chi connectivity index (χ2v) is 5.33. The highest BCUT2D eigenvalue weighted by Crippen LogP contribution is 2.36. The van der Waals surface area contributed by atoms with E-state index < -0.39 is 0 Å². The summed E-state index contributed by atoms with van der Waals surface area (Å²) in [5, 5.41) is 0. The third-order valence-corrected chi connectivity index (χ3v) is 3.87. The van der Waals surface area contributed by atoms with Crippen molar-refractivity contribution in [2.24, 2.45) is 0 Å². The normalized spacial score (nSPS) is 16.7. The van der Waals surface area contributed by atoms with Crippen LogP contribution in [0.5, 0.6) is 5.75 Å². The van der Waals surface area contributed by atoms with Crippen molar-refractivity contribution in [1.82, 2.24) is 0 Å². The van der Waals surface area contributed by atoms with Crippen molar-refractivity contribution in [2.75, 3.05) is 12.3 Å². The highest BCUT2D eigenvalue weighted by molar-refractivity contribution is 5.53. The number of anilines is 1. The Balaban J connectivity index is 2.00. The minimum Gasteiger partial charge on any atom is -0.494 e. The van der Waals surface area contributed by atoms with E-state index in [1.54, 1.807) is 0 Å². The summed E-state index contributed by atoms with van der Waals surface area (Å²) in [6.07, 6.45) is 8.92. The van der Waals surface area contributed by atoms with Gasteiger partial charge in [0.25, 0.3) is 0 Å². The van der Waals surface area contributed by atoms with Gasteiger partial charge in [0, 0.05) is 11.8 Å². The van der Waals surface area contributed by atoms with Gasteiger partial charge in [0.05, 0.1) is 6.61 Å². The van der Waals surface area contributed by atoms with E-state index in [4.69, 9.17) is 10.5 Å². The first-order chi connectivity index (χ1) is 8.81. The molecule has 2 nitrogen and oxygen atoms in total. The van der Waals surface area contributed by atoms with E-state index in [9.17, 15) is 0 Å². The molecule has 0 bridgehead atoms. The Morgan fingerprint density at radius 1 is 1.22 bits per heavy atom. The van der Waals surface area contributed by atoms with Crippen molar-refractivity contribution in [3.8, 4) is 5.75 Å². The first-order valence-electron chi connectivity index (χ1n) is 7.33. The molecule has 100 valence electrons. The van der Waals surface area contributed by atoms with E-state index in [1.807, 2.05) is 6.07 Å². The van der Waals surface area contributed by atoms with Crippen LogP contribution < -0.4 is 10.5 Å². The van der Waals surface area contributed by atoms with Crippen LogP contribution in [-0.4, -0.2) is 6.61 Å². The summed E-state index contributed by atoms with van der Waals surface area (Å²) in [7, 11) is 0. The van der Waals surface area contributed by atoms with Crippen molar-refractivity contribution in [3.63, 3.8) is 0 Å². The molecule has 0 aliphatic heterocycles. The molecule has 0 amide bonds. The molecule has 1 fully saturated rings. The highest BCUT2D eigenvalue weighted by Gasteiger charge is 2.17.